The Hall–Kier alpha value is -1.71. The number of carbonyl (C=O) groups is 1. The predicted octanol–water partition coefficient (Wildman–Crippen LogP) is 7.35. The number of carbonyl (C=O) groups excluding carboxylic acids is 1. The minimum atomic E-state index is -1.83. The molecule has 0 bridgehead atoms. The second kappa shape index (κ2) is 10.1. The highest BCUT2D eigenvalue weighted by Crippen LogP contribution is 2.47. The van der Waals surface area contributed by atoms with Crippen molar-refractivity contribution >= 4 is 36.0 Å². The first-order valence-electron chi connectivity index (χ1n) is 13.6. The van der Waals surface area contributed by atoms with E-state index in [0.717, 1.165) is 55.3 Å². The van der Waals surface area contributed by atoms with Crippen LogP contribution < -0.4 is 10.1 Å². The molecule has 9 heteroatoms. The molecule has 7 nitrogen and oxygen atoms in total. The molecule has 1 atom stereocenters. The van der Waals surface area contributed by atoms with Crippen molar-refractivity contribution in [3.8, 4) is 5.88 Å². The highest BCUT2D eigenvalue weighted by Gasteiger charge is 2.40. The van der Waals surface area contributed by atoms with Gasteiger partial charge >= 0.3 is 6.09 Å². The van der Waals surface area contributed by atoms with E-state index in [-0.39, 0.29) is 22.8 Å². The van der Waals surface area contributed by atoms with E-state index in [4.69, 9.17) is 13.9 Å². The third-order valence-corrected chi connectivity index (χ3v) is 13.9. The van der Waals surface area contributed by atoms with Crippen LogP contribution in [0.4, 0.5) is 4.79 Å². The molecule has 2 aliphatic rings. The van der Waals surface area contributed by atoms with Crippen LogP contribution in [0.15, 0.2) is 6.33 Å². The summed E-state index contributed by atoms with van der Waals surface area (Å²) in [6.07, 6.45) is 6.87. The summed E-state index contributed by atoms with van der Waals surface area (Å²) in [6.45, 7) is 20.0. The lowest BCUT2D eigenvalue weighted by atomic mass is 9.82. The van der Waals surface area contributed by atoms with Crippen molar-refractivity contribution < 1.29 is 18.7 Å². The van der Waals surface area contributed by atoms with Crippen molar-refractivity contribution in [2.75, 3.05) is 6.61 Å². The van der Waals surface area contributed by atoms with E-state index in [9.17, 15) is 4.79 Å². The molecular weight excluding hydrogens is 502 g/mol. The van der Waals surface area contributed by atoms with E-state index < -0.39 is 13.9 Å². The summed E-state index contributed by atoms with van der Waals surface area (Å²) in [5.74, 6) is 1.06. The predicted molar refractivity (Wildman–Crippen MR) is 152 cm³/mol. The van der Waals surface area contributed by atoms with Gasteiger partial charge in [-0.15, -0.1) is 11.3 Å². The highest BCUT2D eigenvalue weighted by molar-refractivity contribution is 7.19. The van der Waals surface area contributed by atoms with E-state index >= 15 is 0 Å². The third-order valence-electron chi connectivity index (χ3n) is 8.26. The monoisotopic (exact) mass is 547 g/mol. The quantitative estimate of drug-likeness (QED) is 0.381. The molecule has 2 aliphatic carbocycles. The van der Waals surface area contributed by atoms with Crippen molar-refractivity contribution in [1.29, 1.82) is 0 Å². The number of hydrogen-bond acceptors (Lipinski definition) is 7. The molecule has 37 heavy (non-hydrogen) atoms. The summed E-state index contributed by atoms with van der Waals surface area (Å²) in [5, 5.41) is 4.36. The van der Waals surface area contributed by atoms with Crippen LogP contribution in [0.2, 0.25) is 18.1 Å². The van der Waals surface area contributed by atoms with Crippen LogP contribution in [-0.4, -0.2) is 48.2 Å². The van der Waals surface area contributed by atoms with Gasteiger partial charge in [0.05, 0.1) is 5.39 Å². The van der Waals surface area contributed by atoms with Gasteiger partial charge < -0.3 is 19.2 Å². The zero-order chi connectivity index (χ0) is 27.2. The van der Waals surface area contributed by atoms with Crippen LogP contribution in [-0.2, 0) is 15.6 Å². The molecule has 2 heterocycles. The molecule has 0 saturated heterocycles. The fourth-order valence-electron chi connectivity index (χ4n) is 5.00. The van der Waals surface area contributed by atoms with Crippen LogP contribution in [0.25, 0.3) is 10.2 Å². The molecule has 0 aromatic carbocycles. The molecule has 2 aromatic heterocycles. The minimum Gasteiger partial charge on any atom is -0.474 e. The molecule has 0 unspecified atom stereocenters. The number of nitrogens with zero attached hydrogens (tertiary/aromatic N) is 2. The normalized spacial score (nSPS) is 24.7. The summed E-state index contributed by atoms with van der Waals surface area (Å²) in [7, 11) is -1.83. The third kappa shape index (κ3) is 6.48. The zero-order valence-corrected chi connectivity index (χ0v) is 25.9. The molecule has 1 fully saturated rings. The van der Waals surface area contributed by atoms with E-state index in [1.807, 2.05) is 20.8 Å². The van der Waals surface area contributed by atoms with Crippen LogP contribution in [0.5, 0.6) is 5.88 Å². The van der Waals surface area contributed by atoms with Crippen molar-refractivity contribution in [1.82, 2.24) is 15.3 Å². The van der Waals surface area contributed by atoms with Gasteiger partial charge in [-0.05, 0) is 89.9 Å². The molecule has 1 saturated carbocycles. The van der Waals surface area contributed by atoms with E-state index in [1.54, 1.807) is 17.7 Å². The number of fused-ring (bicyclic) bond motifs is 3. The number of amides is 1. The van der Waals surface area contributed by atoms with Gasteiger partial charge in [0.25, 0.3) is 0 Å². The summed E-state index contributed by atoms with van der Waals surface area (Å²) < 4.78 is 18.7. The Morgan fingerprint density at radius 1 is 1.14 bits per heavy atom. The van der Waals surface area contributed by atoms with Crippen molar-refractivity contribution in [3.05, 3.63) is 16.8 Å². The molecule has 1 N–H and O–H groups in total. The second-order valence-corrected chi connectivity index (χ2v) is 19.5. The number of rotatable bonds is 6. The van der Waals surface area contributed by atoms with Gasteiger partial charge in [0.15, 0.2) is 8.32 Å². The van der Waals surface area contributed by atoms with Crippen molar-refractivity contribution in [3.63, 3.8) is 0 Å². The molecule has 4 rings (SSSR count). The molecule has 1 amide bonds. The van der Waals surface area contributed by atoms with Crippen LogP contribution in [0.3, 0.4) is 0 Å². The number of aryl methyl sites for hydroxylation is 1. The zero-order valence-electron chi connectivity index (χ0n) is 24.1. The van der Waals surface area contributed by atoms with Gasteiger partial charge in [0, 0.05) is 22.9 Å². The number of hydrogen-bond donors (Lipinski definition) is 1. The summed E-state index contributed by atoms with van der Waals surface area (Å²) in [5.41, 5.74) is 0.550. The minimum absolute atomic E-state index is 0.0606. The fourth-order valence-corrected chi connectivity index (χ4v) is 7.28. The topological polar surface area (TPSA) is 82.6 Å². The first-order chi connectivity index (χ1) is 17.1. The van der Waals surface area contributed by atoms with E-state index in [2.05, 4.69) is 56.1 Å². The molecule has 0 radical (unpaired) electrons. The van der Waals surface area contributed by atoms with Gasteiger partial charge in [0.2, 0.25) is 5.88 Å². The second-order valence-electron chi connectivity index (χ2n) is 13.6. The number of aromatic nitrogens is 2. The average Bonchev–Trinajstić information content (AvgIpc) is 3.31. The lowest BCUT2D eigenvalue weighted by Crippen LogP contribution is -2.51. The standard InChI is InChI=1S/C28H45N3O4SSi/c1-26(2,3)35-25(32)31-28(7)14-12-19(13-15-28)34-23-22-21-18(16-33-37(8,9)27(4,5)6)10-11-20(21)36-24(22)30-17-29-23/h17-19H,10-16H2,1-9H3,(H,31,32)/t18-,19?,28?/m1/s1. The number of ether oxygens (including phenoxy) is 2. The van der Waals surface area contributed by atoms with Gasteiger partial charge in [-0.2, -0.15) is 0 Å². The first kappa shape index (κ1) is 28.3. The molecule has 0 aliphatic heterocycles. The summed E-state index contributed by atoms with van der Waals surface area (Å²) in [4.78, 5) is 24.0. The van der Waals surface area contributed by atoms with E-state index in [1.165, 1.54) is 10.4 Å². The molecular formula is C28H45N3O4SSi. The molecule has 206 valence electrons. The Bertz CT molecular complexity index is 1130. The number of nitrogens with one attached hydrogen (secondary N) is 1. The highest BCUT2D eigenvalue weighted by atomic mass is 32.1. The van der Waals surface area contributed by atoms with Gasteiger partial charge in [-0.25, -0.2) is 14.8 Å². The average molecular weight is 548 g/mol. The van der Waals surface area contributed by atoms with Crippen molar-refractivity contribution in [2.24, 2.45) is 0 Å². The van der Waals surface area contributed by atoms with Gasteiger partial charge in [0.1, 0.15) is 22.9 Å². The summed E-state index contributed by atoms with van der Waals surface area (Å²) >= 11 is 1.78. The first-order valence-corrected chi connectivity index (χ1v) is 17.4. The van der Waals surface area contributed by atoms with Crippen LogP contribution >= 0.6 is 11.3 Å². The Balaban J connectivity index is 1.45. The maximum Gasteiger partial charge on any atom is 0.408 e. The smallest absolute Gasteiger partial charge is 0.408 e. The largest absolute Gasteiger partial charge is 0.474 e. The number of alkyl carbamates (subject to hydrolysis) is 1. The lowest BCUT2D eigenvalue weighted by molar-refractivity contribution is 0.0385. The maximum atomic E-state index is 12.3. The molecule has 0 spiro atoms. The Kier molecular flexibility index (Phi) is 7.74. The van der Waals surface area contributed by atoms with Gasteiger partial charge in [-0.3, -0.25) is 0 Å². The number of thiophene rings is 1. The van der Waals surface area contributed by atoms with Gasteiger partial charge in [-0.1, -0.05) is 20.8 Å². The van der Waals surface area contributed by atoms with Crippen LogP contribution in [0, 0.1) is 0 Å². The fraction of sp³-hybridized carbons (Fsp3) is 0.750. The Morgan fingerprint density at radius 3 is 2.43 bits per heavy atom. The maximum absolute atomic E-state index is 12.3. The van der Waals surface area contributed by atoms with Crippen LogP contribution in [0.1, 0.15) is 96.9 Å². The molecule has 2 aromatic rings. The Labute approximate surface area is 227 Å². The SMILES string of the molecule is CC1(NC(=O)OC(C)(C)C)CCC(Oc2ncnc3sc4c(c23)[C@@H](CO[Si](C)(C)C(C)(C)C)CC4)CC1. The van der Waals surface area contributed by atoms with Crippen molar-refractivity contribution in [2.45, 2.75) is 128 Å². The Morgan fingerprint density at radius 2 is 1.81 bits per heavy atom. The summed E-state index contributed by atoms with van der Waals surface area (Å²) in [6, 6.07) is 0. The van der Waals surface area contributed by atoms with E-state index in [0.29, 0.717) is 11.8 Å². The lowest BCUT2D eigenvalue weighted by Gasteiger charge is -2.38.